The van der Waals surface area contributed by atoms with Crippen LogP contribution in [0.5, 0.6) is 0 Å². The minimum atomic E-state index is -0.473. The third-order valence-corrected chi connectivity index (χ3v) is 2.88. The van der Waals surface area contributed by atoms with Crippen LogP contribution < -0.4 is 10.6 Å². The van der Waals surface area contributed by atoms with E-state index in [1.54, 1.807) is 0 Å². The molecule has 2 N–H and O–H groups in total. The maximum Gasteiger partial charge on any atom is 0.407 e. The number of para-hydroxylation sites is 1. The Balaban J connectivity index is 2.53. The van der Waals surface area contributed by atoms with Gasteiger partial charge in [0.1, 0.15) is 5.60 Å². The van der Waals surface area contributed by atoms with Crippen molar-refractivity contribution in [3.8, 4) is 0 Å². The molecular formula is C17H28N2O2. The Morgan fingerprint density at radius 2 is 1.90 bits per heavy atom. The Bertz CT molecular complexity index is 450. The SMILES string of the molecule is CC(C)CCNc1ccccc1CNC(=O)OC(C)(C)C. The van der Waals surface area contributed by atoms with Gasteiger partial charge in [-0.3, -0.25) is 0 Å². The van der Waals surface area contributed by atoms with Crippen LogP contribution in [-0.2, 0) is 11.3 Å². The lowest BCUT2D eigenvalue weighted by Gasteiger charge is -2.20. The van der Waals surface area contributed by atoms with Crippen LogP contribution in [0.25, 0.3) is 0 Å². The molecule has 0 spiro atoms. The number of carbonyl (C=O) groups is 1. The van der Waals surface area contributed by atoms with E-state index in [1.807, 2.05) is 45.0 Å². The number of benzene rings is 1. The largest absolute Gasteiger partial charge is 0.444 e. The van der Waals surface area contributed by atoms with E-state index < -0.39 is 5.60 Å². The second-order valence-electron chi connectivity index (χ2n) is 6.62. The van der Waals surface area contributed by atoms with E-state index in [-0.39, 0.29) is 6.09 Å². The molecular weight excluding hydrogens is 264 g/mol. The average molecular weight is 292 g/mol. The predicted octanol–water partition coefficient (Wildman–Crippen LogP) is 4.17. The summed E-state index contributed by atoms with van der Waals surface area (Å²) in [6, 6.07) is 8.01. The van der Waals surface area contributed by atoms with E-state index in [4.69, 9.17) is 4.74 Å². The van der Waals surface area contributed by atoms with Gasteiger partial charge >= 0.3 is 6.09 Å². The van der Waals surface area contributed by atoms with Crippen molar-refractivity contribution in [2.75, 3.05) is 11.9 Å². The Kier molecular flexibility index (Phi) is 6.53. The van der Waals surface area contributed by atoms with Gasteiger partial charge in [-0.15, -0.1) is 0 Å². The van der Waals surface area contributed by atoms with Crippen molar-refractivity contribution in [1.29, 1.82) is 0 Å². The van der Waals surface area contributed by atoms with Gasteiger partial charge in [0, 0.05) is 18.8 Å². The number of hydrogen-bond donors (Lipinski definition) is 2. The molecule has 0 atom stereocenters. The summed E-state index contributed by atoms with van der Waals surface area (Å²) < 4.78 is 5.24. The van der Waals surface area contributed by atoms with Crippen LogP contribution >= 0.6 is 0 Å². The first-order valence-electron chi connectivity index (χ1n) is 7.56. The van der Waals surface area contributed by atoms with E-state index in [0.29, 0.717) is 12.5 Å². The van der Waals surface area contributed by atoms with E-state index in [2.05, 4.69) is 24.5 Å². The van der Waals surface area contributed by atoms with Gasteiger partial charge in [0.25, 0.3) is 0 Å². The quantitative estimate of drug-likeness (QED) is 0.827. The number of rotatable bonds is 6. The van der Waals surface area contributed by atoms with Crippen molar-refractivity contribution >= 4 is 11.8 Å². The molecule has 118 valence electrons. The van der Waals surface area contributed by atoms with Gasteiger partial charge in [0.05, 0.1) is 0 Å². The fraction of sp³-hybridized carbons (Fsp3) is 0.588. The lowest BCUT2D eigenvalue weighted by Crippen LogP contribution is -2.32. The highest BCUT2D eigenvalue weighted by Crippen LogP contribution is 2.16. The molecule has 4 heteroatoms. The molecule has 1 aromatic rings. The first kappa shape index (κ1) is 17.3. The van der Waals surface area contributed by atoms with Crippen molar-refractivity contribution < 1.29 is 9.53 Å². The summed E-state index contributed by atoms with van der Waals surface area (Å²) in [5, 5.41) is 6.22. The normalized spacial score (nSPS) is 11.3. The Morgan fingerprint density at radius 3 is 2.52 bits per heavy atom. The molecule has 0 aliphatic carbocycles. The molecule has 21 heavy (non-hydrogen) atoms. The van der Waals surface area contributed by atoms with Crippen LogP contribution in [-0.4, -0.2) is 18.2 Å². The summed E-state index contributed by atoms with van der Waals surface area (Å²) in [4.78, 5) is 11.7. The summed E-state index contributed by atoms with van der Waals surface area (Å²) >= 11 is 0. The van der Waals surface area contributed by atoms with Crippen LogP contribution in [0.15, 0.2) is 24.3 Å². The monoisotopic (exact) mass is 292 g/mol. The molecule has 0 fully saturated rings. The zero-order valence-electron chi connectivity index (χ0n) is 13.8. The van der Waals surface area contributed by atoms with Crippen molar-refractivity contribution in [3.05, 3.63) is 29.8 Å². The predicted molar refractivity (Wildman–Crippen MR) is 87.5 cm³/mol. The van der Waals surface area contributed by atoms with E-state index in [9.17, 15) is 4.79 Å². The zero-order valence-corrected chi connectivity index (χ0v) is 13.8. The summed E-state index contributed by atoms with van der Waals surface area (Å²) in [6.07, 6.45) is 0.730. The van der Waals surface area contributed by atoms with Gasteiger partial charge in [-0.05, 0) is 44.7 Å². The number of alkyl carbamates (subject to hydrolysis) is 1. The van der Waals surface area contributed by atoms with Crippen LogP contribution in [0, 0.1) is 5.92 Å². The second kappa shape index (κ2) is 7.91. The van der Waals surface area contributed by atoms with Gasteiger partial charge < -0.3 is 15.4 Å². The van der Waals surface area contributed by atoms with Crippen molar-refractivity contribution in [3.63, 3.8) is 0 Å². The minimum absolute atomic E-state index is 0.389. The molecule has 1 aromatic carbocycles. The van der Waals surface area contributed by atoms with Crippen molar-refractivity contribution in [2.24, 2.45) is 5.92 Å². The highest BCUT2D eigenvalue weighted by molar-refractivity contribution is 5.68. The highest BCUT2D eigenvalue weighted by atomic mass is 16.6. The third kappa shape index (κ3) is 7.59. The van der Waals surface area contributed by atoms with Gasteiger partial charge in [-0.2, -0.15) is 0 Å². The smallest absolute Gasteiger partial charge is 0.407 e. The number of hydrogen-bond acceptors (Lipinski definition) is 3. The molecule has 0 saturated heterocycles. The van der Waals surface area contributed by atoms with Crippen LogP contribution in [0.3, 0.4) is 0 Å². The molecule has 0 bridgehead atoms. The van der Waals surface area contributed by atoms with Crippen molar-refractivity contribution in [2.45, 2.75) is 53.2 Å². The standard InChI is InChI=1S/C17H28N2O2/c1-13(2)10-11-18-15-9-7-6-8-14(15)12-19-16(20)21-17(3,4)5/h6-9,13,18H,10-12H2,1-5H3,(H,19,20). The van der Waals surface area contributed by atoms with Crippen LogP contribution in [0.4, 0.5) is 10.5 Å². The molecule has 0 heterocycles. The van der Waals surface area contributed by atoms with Gasteiger partial charge in [-0.25, -0.2) is 4.79 Å². The van der Waals surface area contributed by atoms with Gasteiger partial charge in [0.2, 0.25) is 0 Å². The molecule has 1 rings (SSSR count). The number of nitrogens with one attached hydrogen (secondary N) is 2. The molecule has 0 aromatic heterocycles. The van der Waals surface area contributed by atoms with Gasteiger partial charge in [-0.1, -0.05) is 32.0 Å². The topological polar surface area (TPSA) is 50.4 Å². The maximum absolute atomic E-state index is 11.7. The number of ether oxygens (including phenoxy) is 1. The summed E-state index contributed by atoms with van der Waals surface area (Å²) in [5.74, 6) is 0.671. The molecule has 0 aliphatic heterocycles. The molecule has 1 amide bonds. The number of carbonyl (C=O) groups excluding carboxylic acids is 1. The fourth-order valence-electron chi connectivity index (χ4n) is 1.82. The maximum atomic E-state index is 11.7. The van der Waals surface area contributed by atoms with E-state index in [0.717, 1.165) is 24.2 Å². The number of amides is 1. The summed E-state index contributed by atoms with van der Waals surface area (Å²) in [6.45, 7) is 11.4. The summed E-state index contributed by atoms with van der Waals surface area (Å²) in [5.41, 5.74) is 1.65. The van der Waals surface area contributed by atoms with E-state index in [1.165, 1.54) is 0 Å². The fourth-order valence-corrected chi connectivity index (χ4v) is 1.82. The Hall–Kier alpha value is -1.71. The lowest BCUT2D eigenvalue weighted by atomic mass is 10.1. The van der Waals surface area contributed by atoms with Crippen LogP contribution in [0.1, 0.15) is 46.6 Å². The summed E-state index contributed by atoms with van der Waals surface area (Å²) in [7, 11) is 0. The molecule has 0 radical (unpaired) electrons. The Morgan fingerprint density at radius 1 is 1.24 bits per heavy atom. The minimum Gasteiger partial charge on any atom is -0.444 e. The van der Waals surface area contributed by atoms with Crippen molar-refractivity contribution in [1.82, 2.24) is 5.32 Å². The lowest BCUT2D eigenvalue weighted by molar-refractivity contribution is 0.0523. The second-order valence-corrected chi connectivity index (χ2v) is 6.62. The Labute approximate surface area is 128 Å². The first-order chi connectivity index (χ1) is 9.78. The zero-order chi connectivity index (χ0) is 15.9. The first-order valence-corrected chi connectivity index (χ1v) is 7.56. The van der Waals surface area contributed by atoms with E-state index >= 15 is 0 Å². The molecule has 0 unspecified atom stereocenters. The molecule has 0 saturated carbocycles. The molecule has 4 nitrogen and oxygen atoms in total. The number of anilines is 1. The molecule has 0 aliphatic rings. The average Bonchev–Trinajstić information content (AvgIpc) is 2.35. The van der Waals surface area contributed by atoms with Gasteiger partial charge in [0.15, 0.2) is 0 Å². The van der Waals surface area contributed by atoms with Crippen LogP contribution in [0.2, 0.25) is 0 Å². The third-order valence-electron chi connectivity index (χ3n) is 2.88. The highest BCUT2D eigenvalue weighted by Gasteiger charge is 2.16.